The zero-order chi connectivity index (χ0) is 13.3. The molecule has 1 fully saturated rings. The van der Waals surface area contributed by atoms with Gasteiger partial charge in [0.25, 0.3) is 5.91 Å². The Morgan fingerprint density at radius 1 is 1.56 bits per heavy atom. The summed E-state index contributed by atoms with van der Waals surface area (Å²) in [6, 6.07) is 2.16. The molecular weight excluding hydrogens is 296 g/mol. The average Bonchev–Trinajstić information content (AvgIpc) is 2.70. The quantitative estimate of drug-likeness (QED) is 0.841. The molecule has 0 radical (unpaired) electrons. The van der Waals surface area contributed by atoms with Gasteiger partial charge in [0.05, 0.1) is 12.7 Å². The molecule has 1 aromatic rings. The Morgan fingerprint density at radius 3 is 2.89 bits per heavy atom. The first-order chi connectivity index (χ1) is 8.49. The first-order valence-electron chi connectivity index (χ1n) is 6.27. The van der Waals surface area contributed by atoms with E-state index < -0.39 is 0 Å². The van der Waals surface area contributed by atoms with Crippen molar-refractivity contribution in [1.29, 1.82) is 0 Å². The number of aromatic nitrogens is 1. The highest BCUT2D eigenvalue weighted by Crippen LogP contribution is 2.21. The molecule has 0 saturated carbocycles. The molecule has 4 nitrogen and oxygen atoms in total. The van der Waals surface area contributed by atoms with E-state index in [9.17, 15) is 4.79 Å². The highest BCUT2D eigenvalue weighted by Gasteiger charge is 2.25. The van der Waals surface area contributed by atoms with Crippen LogP contribution in [0.2, 0.25) is 0 Å². The lowest BCUT2D eigenvalue weighted by atomic mass is 10.2. The molecule has 0 bridgehead atoms. The van der Waals surface area contributed by atoms with Gasteiger partial charge in [-0.25, -0.2) is 0 Å². The molecule has 1 aliphatic heterocycles. The van der Waals surface area contributed by atoms with E-state index in [1.165, 1.54) is 0 Å². The molecule has 1 atom stereocenters. The van der Waals surface area contributed by atoms with Gasteiger partial charge < -0.3 is 14.2 Å². The van der Waals surface area contributed by atoms with Crippen LogP contribution in [0.25, 0.3) is 0 Å². The van der Waals surface area contributed by atoms with Crippen molar-refractivity contribution in [2.45, 2.75) is 32.9 Å². The molecule has 0 aliphatic carbocycles. The Hall–Kier alpha value is -0.810. The molecule has 1 aliphatic rings. The molecule has 2 rings (SSSR count). The van der Waals surface area contributed by atoms with Gasteiger partial charge in [0, 0.05) is 29.8 Å². The fourth-order valence-electron chi connectivity index (χ4n) is 2.21. The van der Waals surface area contributed by atoms with E-state index >= 15 is 0 Å². The second kappa shape index (κ2) is 5.45. The van der Waals surface area contributed by atoms with Gasteiger partial charge >= 0.3 is 0 Å². The Kier molecular flexibility index (Phi) is 4.12. The molecule has 1 saturated heterocycles. The smallest absolute Gasteiger partial charge is 0.270 e. The number of carbonyl (C=O) groups excluding carboxylic acids is 1. The first kappa shape index (κ1) is 13.6. The molecule has 18 heavy (non-hydrogen) atoms. The molecule has 0 aromatic carbocycles. The molecule has 1 aromatic heterocycles. The van der Waals surface area contributed by atoms with E-state index in [1.54, 1.807) is 0 Å². The van der Waals surface area contributed by atoms with Crippen molar-refractivity contribution in [3.63, 3.8) is 0 Å². The third-order valence-electron chi connectivity index (χ3n) is 3.12. The van der Waals surface area contributed by atoms with Crippen LogP contribution in [0.4, 0.5) is 0 Å². The van der Waals surface area contributed by atoms with Crippen LogP contribution >= 0.6 is 15.9 Å². The maximum absolute atomic E-state index is 12.5. The van der Waals surface area contributed by atoms with Gasteiger partial charge in [-0.2, -0.15) is 0 Å². The molecule has 1 amide bonds. The Morgan fingerprint density at radius 2 is 2.28 bits per heavy atom. The lowest BCUT2D eigenvalue weighted by Gasteiger charge is -2.31. The highest BCUT2D eigenvalue weighted by atomic mass is 79.9. The zero-order valence-corrected chi connectivity index (χ0v) is 12.6. The number of hydrogen-bond acceptors (Lipinski definition) is 2. The lowest BCUT2D eigenvalue weighted by molar-refractivity contribution is -0.0128. The van der Waals surface area contributed by atoms with Crippen molar-refractivity contribution in [3.8, 4) is 0 Å². The van der Waals surface area contributed by atoms with Gasteiger partial charge in [-0.05, 0) is 42.8 Å². The van der Waals surface area contributed by atoms with Crippen LogP contribution in [0, 0.1) is 0 Å². The maximum Gasteiger partial charge on any atom is 0.270 e. The molecule has 0 N–H and O–H groups in total. The minimum absolute atomic E-state index is 0.0875. The second-order valence-corrected chi connectivity index (χ2v) is 5.89. The molecule has 100 valence electrons. The van der Waals surface area contributed by atoms with Crippen LogP contribution in [0.15, 0.2) is 16.7 Å². The van der Waals surface area contributed by atoms with Crippen molar-refractivity contribution in [3.05, 3.63) is 22.4 Å². The predicted molar refractivity (Wildman–Crippen MR) is 73.8 cm³/mol. The largest absolute Gasteiger partial charge is 0.375 e. The molecule has 5 heteroatoms. The number of halogens is 1. The van der Waals surface area contributed by atoms with Crippen LogP contribution in [0.3, 0.4) is 0 Å². The van der Waals surface area contributed by atoms with Gasteiger partial charge in [0.2, 0.25) is 0 Å². The van der Waals surface area contributed by atoms with Gasteiger partial charge in [-0.3, -0.25) is 4.79 Å². The average molecular weight is 315 g/mol. The number of rotatable bonds is 2. The number of carbonyl (C=O) groups is 1. The summed E-state index contributed by atoms with van der Waals surface area (Å²) in [5, 5.41) is 0. The maximum atomic E-state index is 12.5. The van der Waals surface area contributed by atoms with E-state index in [1.807, 2.05) is 28.7 Å². The summed E-state index contributed by atoms with van der Waals surface area (Å²) in [6.45, 7) is 8.10. The summed E-state index contributed by atoms with van der Waals surface area (Å²) in [4.78, 5) is 14.4. The topological polar surface area (TPSA) is 34.5 Å². The van der Waals surface area contributed by atoms with Crippen LogP contribution in [-0.4, -0.2) is 41.2 Å². The summed E-state index contributed by atoms with van der Waals surface area (Å²) >= 11 is 3.44. The van der Waals surface area contributed by atoms with Crippen LogP contribution in [0.5, 0.6) is 0 Å². The van der Waals surface area contributed by atoms with E-state index in [4.69, 9.17) is 4.74 Å². The number of amides is 1. The first-order valence-corrected chi connectivity index (χ1v) is 7.06. The summed E-state index contributed by atoms with van der Waals surface area (Å²) in [5.74, 6) is 0.0875. The van der Waals surface area contributed by atoms with Gasteiger partial charge in [0.15, 0.2) is 0 Å². The minimum atomic E-state index is 0.0875. The van der Waals surface area contributed by atoms with Crippen molar-refractivity contribution in [2.24, 2.45) is 0 Å². The number of hydrogen-bond donors (Lipinski definition) is 0. The molecule has 1 unspecified atom stereocenters. The number of ether oxygens (including phenoxy) is 1. The number of morpholine rings is 1. The van der Waals surface area contributed by atoms with E-state index in [-0.39, 0.29) is 18.1 Å². The zero-order valence-electron chi connectivity index (χ0n) is 11.0. The fourth-order valence-corrected chi connectivity index (χ4v) is 2.65. The third kappa shape index (κ3) is 2.78. The molecule has 2 heterocycles. The van der Waals surface area contributed by atoms with E-state index in [0.717, 1.165) is 10.2 Å². The normalized spacial score (nSPS) is 20.5. The standard InChI is InChI=1S/C13H19BrN2O2/c1-9(2)16-8-11(14)6-12(16)13(17)15-4-5-18-10(3)7-15/h6,8-10H,4-5,7H2,1-3H3. The lowest BCUT2D eigenvalue weighted by Crippen LogP contribution is -2.45. The number of nitrogens with zero attached hydrogens (tertiary/aromatic N) is 2. The van der Waals surface area contributed by atoms with Crippen molar-refractivity contribution in [2.75, 3.05) is 19.7 Å². The Balaban J connectivity index is 2.22. The van der Waals surface area contributed by atoms with E-state index in [2.05, 4.69) is 29.8 Å². The summed E-state index contributed by atoms with van der Waals surface area (Å²) in [5.41, 5.74) is 0.742. The van der Waals surface area contributed by atoms with Crippen molar-refractivity contribution < 1.29 is 9.53 Å². The fraction of sp³-hybridized carbons (Fsp3) is 0.615. The van der Waals surface area contributed by atoms with Crippen LogP contribution in [-0.2, 0) is 4.74 Å². The SMILES string of the molecule is CC1CN(C(=O)c2cc(Br)cn2C(C)C)CCO1. The monoisotopic (exact) mass is 314 g/mol. The Bertz CT molecular complexity index is 442. The summed E-state index contributed by atoms with van der Waals surface area (Å²) in [7, 11) is 0. The minimum Gasteiger partial charge on any atom is -0.375 e. The van der Waals surface area contributed by atoms with Gasteiger partial charge in [-0.1, -0.05) is 0 Å². The molecular formula is C13H19BrN2O2. The predicted octanol–water partition coefficient (Wildman–Crippen LogP) is 2.69. The van der Waals surface area contributed by atoms with Gasteiger partial charge in [0.1, 0.15) is 5.69 Å². The summed E-state index contributed by atoms with van der Waals surface area (Å²) in [6.07, 6.45) is 2.08. The molecule has 0 spiro atoms. The van der Waals surface area contributed by atoms with Crippen molar-refractivity contribution in [1.82, 2.24) is 9.47 Å². The third-order valence-corrected chi connectivity index (χ3v) is 3.55. The summed E-state index contributed by atoms with van der Waals surface area (Å²) < 4.78 is 8.42. The van der Waals surface area contributed by atoms with Crippen LogP contribution in [0.1, 0.15) is 37.3 Å². The van der Waals surface area contributed by atoms with Gasteiger partial charge in [-0.15, -0.1) is 0 Å². The van der Waals surface area contributed by atoms with E-state index in [0.29, 0.717) is 19.7 Å². The van der Waals surface area contributed by atoms with Crippen molar-refractivity contribution >= 4 is 21.8 Å². The van der Waals surface area contributed by atoms with Crippen LogP contribution < -0.4 is 0 Å². The second-order valence-electron chi connectivity index (χ2n) is 4.98. The Labute approximate surface area is 116 Å². The highest BCUT2D eigenvalue weighted by molar-refractivity contribution is 9.10.